The Morgan fingerprint density at radius 3 is 3.16 bits per heavy atom. The molecule has 2 rings (SSSR count). The highest BCUT2D eigenvalue weighted by Crippen LogP contribution is 2.18. The Balaban J connectivity index is 1.81. The summed E-state index contributed by atoms with van der Waals surface area (Å²) in [6.07, 6.45) is 2.58. The van der Waals surface area contributed by atoms with Gasteiger partial charge in [-0.3, -0.25) is 9.88 Å². The van der Waals surface area contributed by atoms with Crippen LogP contribution in [0.4, 0.5) is 0 Å². The molecule has 0 aliphatic carbocycles. The summed E-state index contributed by atoms with van der Waals surface area (Å²) in [5, 5.41) is 3.47. The largest absolute Gasteiger partial charge is 0.383 e. The molecule has 1 aromatic rings. The smallest absolute Gasteiger partial charge is 0.0587 e. The number of hydrogen-bond acceptors (Lipinski definition) is 4. The van der Waals surface area contributed by atoms with E-state index in [1.165, 1.54) is 25.1 Å². The van der Waals surface area contributed by atoms with Crippen LogP contribution in [0, 0.1) is 6.92 Å². The molecule has 0 amide bonds. The van der Waals surface area contributed by atoms with E-state index in [0.29, 0.717) is 6.04 Å². The van der Waals surface area contributed by atoms with Crippen LogP contribution >= 0.6 is 0 Å². The minimum absolute atomic E-state index is 0.638. The number of ether oxygens (including phenoxy) is 1. The highest BCUT2D eigenvalue weighted by molar-refractivity contribution is 5.10. The van der Waals surface area contributed by atoms with Crippen LogP contribution in [0.3, 0.4) is 0 Å². The maximum Gasteiger partial charge on any atom is 0.0587 e. The number of likely N-dealkylation sites (tertiary alicyclic amines) is 1. The molecule has 4 heteroatoms. The molecule has 0 radical (unpaired) electrons. The van der Waals surface area contributed by atoms with E-state index in [1.54, 1.807) is 7.11 Å². The molecule has 0 bridgehead atoms. The third kappa shape index (κ3) is 4.56. The Morgan fingerprint density at radius 2 is 2.37 bits per heavy atom. The van der Waals surface area contributed by atoms with Gasteiger partial charge < -0.3 is 10.1 Å². The third-order valence-corrected chi connectivity index (χ3v) is 3.67. The zero-order chi connectivity index (χ0) is 13.5. The van der Waals surface area contributed by atoms with Crippen LogP contribution in [0.25, 0.3) is 0 Å². The number of pyridine rings is 1. The van der Waals surface area contributed by atoms with Crippen molar-refractivity contribution in [2.75, 3.05) is 33.4 Å². The van der Waals surface area contributed by atoms with E-state index in [9.17, 15) is 0 Å². The lowest BCUT2D eigenvalue weighted by Gasteiger charge is -2.24. The number of aromatic nitrogens is 1. The summed E-state index contributed by atoms with van der Waals surface area (Å²) in [5.74, 6) is 0. The minimum Gasteiger partial charge on any atom is -0.383 e. The number of methoxy groups -OCH3 is 1. The Labute approximate surface area is 116 Å². The van der Waals surface area contributed by atoms with E-state index < -0.39 is 0 Å². The zero-order valence-electron chi connectivity index (χ0n) is 12.1. The first-order valence-electron chi connectivity index (χ1n) is 7.16. The van der Waals surface area contributed by atoms with Gasteiger partial charge in [0.05, 0.1) is 12.3 Å². The van der Waals surface area contributed by atoms with Crippen LogP contribution in [0.5, 0.6) is 0 Å². The Hall–Kier alpha value is -0.970. The normalized spacial score (nSPS) is 20.0. The Kier molecular flexibility index (Phi) is 5.76. The molecule has 1 saturated heterocycles. The van der Waals surface area contributed by atoms with Crippen molar-refractivity contribution in [1.82, 2.24) is 15.2 Å². The molecule has 0 spiro atoms. The van der Waals surface area contributed by atoms with Crippen LogP contribution in [0.15, 0.2) is 18.2 Å². The molecule has 1 atom stereocenters. The number of nitrogens with one attached hydrogen (secondary N) is 1. The fraction of sp³-hybridized carbons (Fsp3) is 0.667. The minimum atomic E-state index is 0.638. The van der Waals surface area contributed by atoms with Gasteiger partial charge in [-0.15, -0.1) is 0 Å². The second-order valence-corrected chi connectivity index (χ2v) is 5.23. The van der Waals surface area contributed by atoms with Gasteiger partial charge in [-0.1, -0.05) is 6.07 Å². The molecule has 1 aromatic heterocycles. The third-order valence-electron chi connectivity index (χ3n) is 3.67. The van der Waals surface area contributed by atoms with Gasteiger partial charge in [-0.25, -0.2) is 0 Å². The average molecular weight is 263 g/mol. The van der Waals surface area contributed by atoms with E-state index in [0.717, 1.165) is 31.9 Å². The van der Waals surface area contributed by atoms with Crippen LogP contribution in [-0.4, -0.2) is 49.3 Å². The van der Waals surface area contributed by atoms with Crippen molar-refractivity contribution >= 4 is 0 Å². The summed E-state index contributed by atoms with van der Waals surface area (Å²) >= 11 is 0. The first-order chi connectivity index (χ1) is 9.29. The van der Waals surface area contributed by atoms with E-state index in [4.69, 9.17) is 4.74 Å². The first kappa shape index (κ1) is 14.4. The van der Waals surface area contributed by atoms with Crippen molar-refractivity contribution in [3.8, 4) is 0 Å². The molecule has 106 valence electrons. The van der Waals surface area contributed by atoms with E-state index in [1.807, 2.05) is 0 Å². The number of rotatable bonds is 7. The van der Waals surface area contributed by atoms with Crippen LogP contribution in [0.1, 0.15) is 24.2 Å². The topological polar surface area (TPSA) is 37.4 Å². The predicted molar refractivity (Wildman–Crippen MR) is 77.2 cm³/mol. The number of hydrogen-bond donors (Lipinski definition) is 1. The molecule has 4 nitrogen and oxygen atoms in total. The summed E-state index contributed by atoms with van der Waals surface area (Å²) in [6, 6.07) is 6.91. The predicted octanol–water partition coefficient (Wildman–Crippen LogP) is 1.59. The second-order valence-electron chi connectivity index (χ2n) is 5.23. The molecule has 1 fully saturated rings. The Bertz CT molecular complexity index is 383. The van der Waals surface area contributed by atoms with Crippen molar-refractivity contribution in [1.29, 1.82) is 0 Å². The van der Waals surface area contributed by atoms with Gasteiger partial charge in [0, 0.05) is 38.5 Å². The van der Waals surface area contributed by atoms with Crippen LogP contribution in [0.2, 0.25) is 0 Å². The quantitative estimate of drug-likeness (QED) is 0.758. The zero-order valence-corrected chi connectivity index (χ0v) is 12.1. The molecule has 1 unspecified atom stereocenters. The van der Waals surface area contributed by atoms with Gasteiger partial charge in [0.25, 0.3) is 0 Å². The maximum atomic E-state index is 5.06. The molecule has 1 aliphatic heterocycles. The van der Waals surface area contributed by atoms with Crippen molar-refractivity contribution in [2.45, 2.75) is 32.4 Å². The molecular weight excluding hydrogens is 238 g/mol. The SMILES string of the molecule is COCCNCC1CCCN1Cc1cccc(C)n1. The second kappa shape index (κ2) is 7.58. The van der Waals surface area contributed by atoms with Crippen LogP contribution < -0.4 is 5.32 Å². The standard InChI is InChI=1S/C15H25N3O/c1-13-5-3-6-14(17-13)12-18-9-4-7-15(18)11-16-8-10-19-2/h3,5-6,15-16H,4,7-12H2,1-2H3. The van der Waals surface area contributed by atoms with Crippen LogP contribution in [-0.2, 0) is 11.3 Å². The van der Waals surface area contributed by atoms with E-state index in [-0.39, 0.29) is 0 Å². The molecule has 0 saturated carbocycles. The summed E-state index contributed by atoms with van der Waals surface area (Å²) in [5.41, 5.74) is 2.29. The van der Waals surface area contributed by atoms with Gasteiger partial charge >= 0.3 is 0 Å². The number of nitrogens with zero attached hydrogens (tertiary/aromatic N) is 2. The lowest BCUT2D eigenvalue weighted by Crippen LogP contribution is -2.38. The molecule has 0 aromatic carbocycles. The fourth-order valence-electron chi connectivity index (χ4n) is 2.67. The monoisotopic (exact) mass is 263 g/mol. The highest BCUT2D eigenvalue weighted by Gasteiger charge is 2.24. The molecule has 2 heterocycles. The molecule has 1 aliphatic rings. The summed E-state index contributed by atoms with van der Waals surface area (Å²) < 4.78 is 5.06. The average Bonchev–Trinajstić information content (AvgIpc) is 2.82. The van der Waals surface area contributed by atoms with Crippen molar-refractivity contribution < 1.29 is 4.74 Å². The van der Waals surface area contributed by atoms with E-state index >= 15 is 0 Å². The van der Waals surface area contributed by atoms with Crippen molar-refractivity contribution in [2.24, 2.45) is 0 Å². The van der Waals surface area contributed by atoms with Gasteiger partial charge in [0.2, 0.25) is 0 Å². The maximum absolute atomic E-state index is 5.06. The van der Waals surface area contributed by atoms with Gasteiger partial charge in [0.15, 0.2) is 0 Å². The van der Waals surface area contributed by atoms with Crippen molar-refractivity contribution in [3.05, 3.63) is 29.6 Å². The lowest BCUT2D eigenvalue weighted by molar-refractivity contribution is 0.190. The summed E-state index contributed by atoms with van der Waals surface area (Å²) in [6.45, 7) is 6.98. The molecule has 1 N–H and O–H groups in total. The van der Waals surface area contributed by atoms with E-state index in [2.05, 4.69) is 40.3 Å². The number of aryl methyl sites for hydroxylation is 1. The van der Waals surface area contributed by atoms with Gasteiger partial charge in [0.1, 0.15) is 0 Å². The lowest BCUT2D eigenvalue weighted by atomic mass is 10.2. The first-order valence-corrected chi connectivity index (χ1v) is 7.16. The highest BCUT2D eigenvalue weighted by atomic mass is 16.5. The fourth-order valence-corrected chi connectivity index (χ4v) is 2.67. The summed E-state index contributed by atoms with van der Waals surface area (Å²) in [7, 11) is 1.74. The van der Waals surface area contributed by atoms with Gasteiger partial charge in [-0.2, -0.15) is 0 Å². The summed E-state index contributed by atoms with van der Waals surface area (Å²) in [4.78, 5) is 7.14. The molecular formula is C15H25N3O. The van der Waals surface area contributed by atoms with Crippen molar-refractivity contribution in [3.63, 3.8) is 0 Å². The Morgan fingerprint density at radius 1 is 1.47 bits per heavy atom. The molecule has 19 heavy (non-hydrogen) atoms. The van der Waals surface area contributed by atoms with Gasteiger partial charge in [-0.05, 0) is 38.4 Å².